The summed E-state index contributed by atoms with van der Waals surface area (Å²) in [5, 5.41) is 2.59. The highest BCUT2D eigenvalue weighted by molar-refractivity contribution is 6.06. The van der Waals surface area contributed by atoms with E-state index < -0.39 is 30.0 Å². The van der Waals surface area contributed by atoms with E-state index in [0.717, 1.165) is 18.6 Å². The number of hydrogen-bond donors (Lipinski definition) is 6. The Morgan fingerprint density at radius 2 is 1.97 bits per heavy atom. The summed E-state index contributed by atoms with van der Waals surface area (Å²) in [7, 11) is 0. The van der Waals surface area contributed by atoms with Crippen LogP contribution in [-0.4, -0.2) is 45.6 Å². The highest BCUT2D eigenvalue weighted by Crippen LogP contribution is 2.32. The molecule has 156 valence electrons. The number of nitrogens with one attached hydrogen (secondary N) is 6. The first-order valence-corrected chi connectivity index (χ1v) is 9.01. The van der Waals surface area contributed by atoms with Crippen LogP contribution in [0.25, 0.3) is 11.0 Å². The molecule has 29 heavy (non-hydrogen) atoms. The highest BCUT2D eigenvalue weighted by Gasteiger charge is 2.36. The SMILES string of the molecule is O=C(N[C@H]1CCCCN(C2NNNN2)C1=O)c1cc(C(F)(F)F)cc2[nH]cnc12. The number of rotatable bonds is 3. The van der Waals surface area contributed by atoms with Crippen molar-refractivity contribution in [3.8, 4) is 0 Å². The molecule has 0 spiro atoms. The second-order valence-electron chi connectivity index (χ2n) is 6.81. The van der Waals surface area contributed by atoms with Crippen molar-refractivity contribution < 1.29 is 22.8 Å². The molecule has 2 saturated heterocycles. The van der Waals surface area contributed by atoms with E-state index in [4.69, 9.17) is 0 Å². The normalized spacial score (nSPS) is 21.6. The van der Waals surface area contributed by atoms with Crippen molar-refractivity contribution in [3.05, 3.63) is 29.6 Å². The fourth-order valence-electron chi connectivity index (χ4n) is 3.48. The molecule has 1 aromatic heterocycles. The summed E-state index contributed by atoms with van der Waals surface area (Å²) in [6, 6.07) is 0.790. The Hall–Kier alpha value is -2.74. The second kappa shape index (κ2) is 7.59. The Kier molecular flexibility index (Phi) is 5.12. The van der Waals surface area contributed by atoms with Crippen molar-refractivity contribution in [1.82, 2.24) is 42.1 Å². The molecule has 0 saturated carbocycles. The summed E-state index contributed by atoms with van der Waals surface area (Å²) in [6.45, 7) is 0.465. The zero-order valence-electron chi connectivity index (χ0n) is 15.1. The van der Waals surface area contributed by atoms with Crippen LogP contribution in [0, 0.1) is 0 Å². The number of likely N-dealkylation sites (tertiary alicyclic amines) is 1. The molecule has 13 heteroatoms. The average molecular weight is 412 g/mol. The van der Waals surface area contributed by atoms with Crippen LogP contribution in [0.4, 0.5) is 13.2 Å². The maximum absolute atomic E-state index is 13.2. The zero-order chi connectivity index (χ0) is 20.6. The van der Waals surface area contributed by atoms with Gasteiger partial charge in [0.1, 0.15) is 11.6 Å². The smallest absolute Gasteiger partial charge is 0.345 e. The third-order valence-corrected chi connectivity index (χ3v) is 4.92. The molecule has 10 nitrogen and oxygen atoms in total. The van der Waals surface area contributed by atoms with Crippen LogP contribution < -0.4 is 27.2 Å². The number of hydrogen-bond acceptors (Lipinski definition) is 7. The maximum Gasteiger partial charge on any atom is 0.416 e. The summed E-state index contributed by atoms with van der Waals surface area (Å²) in [5.41, 5.74) is 9.87. The lowest BCUT2D eigenvalue weighted by atomic mass is 10.1. The van der Waals surface area contributed by atoms with Gasteiger partial charge in [0.25, 0.3) is 5.91 Å². The molecule has 6 N–H and O–H groups in total. The van der Waals surface area contributed by atoms with E-state index in [2.05, 4.69) is 37.2 Å². The van der Waals surface area contributed by atoms with Crippen LogP contribution in [0.15, 0.2) is 18.5 Å². The summed E-state index contributed by atoms with van der Waals surface area (Å²) in [5.74, 6) is -1.12. The molecular weight excluding hydrogens is 393 g/mol. The molecule has 0 bridgehead atoms. The number of nitrogens with zero attached hydrogens (tertiary/aromatic N) is 2. The number of imidazole rings is 1. The van der Waals surface area contributed by atoms with Gasteiger partial charge >= 0.3 is 6.18 Å². The number of halogens is 3. The van der Waals surface area contributed by atoms with E-state index in [0.29, 0.717) is 19.4 Å². The van der Waals surface area contributed by atoms with Crippen molar-refractivity contribution in [2.24, 2.45) is 0 Å². The predicted molar refractivity (Wildman–Crippen MR) is 94.2 cm³/mol. The molecule has 1 atom stereocenters. The van der Waals surface area contributed by atoms with Gasteiger partial charge in [-0.2, -0.15) is 24.2 Å². The Labute approximate surface area is 162 Å². The van der Waals surface area contributed by atoms with Crippen molar-refractivity contribution in [2.45, 2.75) is 37.8 Å². The van der Waals surface area contributed by atoms with E-state index in [1.165, 1.54) is 11.2 Å². The number of fused-ring (bicyclic) bond motifs is 1. The van der Waals surface area contributed by atoms with Crippen molar-refractivity contribution in [3.63, 3.8) is 0 Å². The lowest BCUT2D eigenvalue weighted by molar-refractivity contribution is -0.138. The standard InChI is InChI=1S/C16H19F3N8O2/c17-16(18,19)8-5-9(12-11(6-8)20-7-21-12)13(28)22-10-3-1-2-4-27(14(10)29)15-23-25-26-24-15/h5-7,10,15,23-26H,1-4H2,(H,20,21)(H,22,28)/t10-/m0/s1. The molecular formula is C16H19F3N8O2. The first kappa shape index (κ1) is 19.6. The van der Waals surface area contributed by atoms with Crippen LogP contribution in [-0.2, 0) is 11.0 Å². The van der Waals surface area contributed by atoms with Crippen LogP contribution in [0.1, 0.15) is 35.2 Å². The molecule has 0 radical (unpaired) electrons. The summed E-state index contributed by atoms with van der Waals surface area (Å²) in [4.78, 5) is 33.8. The Balaban J connectivity index is 1.60. The van der Waals surface area contributed by atoms with E-state index in [1.54, 1.807) is 0 Å². The molecule has 2 aromatic rings. The summed E-state index contributed by atoms with van der Waals surface area (Å²) < 4.78 is 39.6. The van der Waals surface area contributed by atoms with Gasteiger partial charge in [0.15, 0.2) is 6.29 Å². The Morgan fingerprint density at radius 1 is 1.21 bits per heavy atom. The zero-order valence-corrected chi connectivity index (χ0v) is 15.1. The lowest BCUT2D eigenvalue weighted by Gasteiger charge is -2.29. The number of carbonyl (C=O) groups is 2. The van der Waals surface area contributed by atoms with Gasteiger partial charge in [0, 0.05) is 6.54 Å². The number of alkyl halides is 3. The maximum atomic E-state index is 13.2. The first-order chi connectivity index (χ1) is 13.8. The van der Waals surface area contributed by atoms with E-state index in [1.807, 2.05) is 0 Å². The topological polar surface area (TPSA) is 126 Å². The number of carbonyl (C=O) groups excluding carboxylic acids is 2. The van der Waals surface area contributed by atoms with Crippen molar-refractivity contribution >= 4 is 22.8 Å². The fraction of sp³-hybridized carbons (Fsp3) is 0.438. The minimum absolute atomic E-state index is 0.0929. The fourth-order valence-corrected chi connectivity index (χ4v) is 3.48. The van der Waals surface area contributed by atoms with Gasteiger partial charge in [0.05, 0.1) is 23.0 Å². The van der Waals surface area contributed by atoms with Gasteiger partial charge in [0.2, 0.25) is 5.91 Å². The number of H-pyrrole nitrogens is 1. The van der Waals surface area contributed by atoms with Gasteiger partial charge in [-0.25, -0.2) is 15.8 Å². The molecule has 3 heterocycles. The van der Waals surface area contributed by atoms with Gasteiger partial charge in [-0.05, 0) is 31.4 Å². The third-order valence-electron chi connectivity index (χ3n) is 4.92. The molecule has 2 amide bonds. The van der Waals surface area contributed by atoms with Gasteiger partial charge in [-0.1, -0.05) is 0 Å². The van der Waals surface area contributed by atoms with Gasteiger partial charge < -0.3 is 15.2 Å². The van der Waals surface area contributed by atoms with E-state index in [-0.39, 0.29) is 22.5 Å². The largest absolute Gasteiger partial charge is 0.416 e. The molecule has 2 aliphatic heterocycles. The molecule has 0 aliphatic carbocycles. The number of aromatic nitrogens is 2. The van der Waals surface area contributed by atoms with E-state index >= 15 is 0 Å². The van der Waals surface area contributed by atoms with Crippen LogP contribution in [0.3, 0.4) is 0 Å². The Bertz CT molecular complexity index is 925. The molecule has 4 rings (SSSR count). The van der Waals surface area contributed by atoms with Crippen LogP contribution in [0.2, 0.25) is 0 Å². The number of benzene rings is 1. The predicted octanol–water partition coefficient (Wildman–Crippen LogP) is 0.0932. The second-order valence-corrected chi connectivity index (χ2v) is 6.81. The number of aromatic amines is 1. The molecule has 2 fully saturated rings. The minimum atomic E-state index is -4.62. The lowest BCUT2D eigenvalue weighted by Crippen LogP contribution is -2.57. The van der Waals surface area contributed by atoms with Crippen molar-refractivity contribution in [1.29, 1.82) is 0 Å². The third kappa shape index (κ3) is 3.89. The van der Waals surface area contributed by atoms with Crippen molar-refractivity contribution in [2.75, 3.05) is 6.54 Å². The van der Waals surface area contributed by atoms with Gasteiger partial charge in [-0.3, -0.25) is 9.59 Å². The number of amides is 2. The Morgan fingerprint density at radius 3 is 2.69 bits per heavy atom. The molecule has 1 aromatic carbocycles. The summed E-state index contributed by atoms with van der Waals surface area (Å²) in [6.07, 6.45) is -2.13. The van der Waals surface area contributed by atoms with Crippen LogP contribution in [0.5, 0.6) is 0 Å². The van der Waals surface area contributed by atoms with Crippen LogP contribution >= 0.6 is 0 Å². The van der Waals surface area contributed by atoms with E-state index in [9.17, 15) is 22.8 Å². The van der Waals surface area contributed by atoms with Gasteiger partial charge in [-0.15, -0.1) is 0 Å². The molecule has 2 aliphatic rings. The molecule has 0 unspecified atom stereocenters. The minimum Gasteiger partial charge on any atom is -0.345 e. The quantitative estimate of drug-likeness (QED) is 0.422. The highest BCUT2D eigenvalue weighted by atomic mass is 19.4. The monoisotopic (exact) mass is 412 g/mol. The average Bonchev–Trinajstić information content (AvgIpc) is 3.33. The summed E-state index contributed by atoms with van der Waals surface area (Å²) >= 11 is 0. The number of hydrazine groups is 3. The first-order valence-electron chi connectivity index (χ1n) is 9.01.